The van der Waals surface area contributed by atoms with Crippen LogP contribution < -0.4 is 4.74 Å². The number of imidazole rings is 1. The quantitative estimate of drug-likeness (QED) is 0.478. The minimum absolute atomic E-state index is 0.0912. The molecule has 6 heterocycles. The molecular weight excluding hydrogens is 406 g/mol. The molecule has 0 radical (unpaired) electrons. The van der Waals surface area contributed by atoms with Crippen molar-refractivity contribution < 1.29 is 9.53 Å². The van der Waals surface area contributed by atoms with E-state index in [1.54, 1.807) is 28.7 Å². The molecule has 0 bridgehead atoms. The molecule has 0 aliphatic carbocycles. The highest BCUT2D eigenvalue weighted by molar-refractivity contribution is 6.01. The van der Waals surface area contributed by atoms with Crippen molar-refractivity contribution >= 4 is 16.9 Å². The normalized spacial score (nSPS) is 15.9. The van der Waals surface area contributed by atoms with Gasteiger partial charge in [-0.15, -0.1) is 0 Å². The third-order valence-corrected chi connectivity index (χ3v) is 6.06. The molecular formula is C23H21N7O2. The summed E-state index contributed by atoms with van der Waals surface area (Å²) in [6, 6.07) is 9.25. The molecule has 5 aromatic heterocycles. The number of aromatic amines is 1. The largest absolute Gasteiger partial charge is 0.494 e. The second kappa shape index (κ2) is 6.94. The van der Waals surface area contributed by atoms with Gasteiger partial charge in [0.1, 0.15) is 17.3 Å². The molecule has 0 fully saturated rings. The Labute approximate surface area is 183 Å². The molecule has 32 heavy (non-hydrogen) atoms. The second-order valence-electron chi connectivity index (χ2n) is 7.99. The van der Waals surface area contributed by atoms with Gasteiger partial charge in [-0.1, -0.05) is 6.07 Å². The smallest absolute Gasteiger partial charge is 0.258 e. The van der Waals surface area contributed by atoms with Gasteiger partial charge < -0.3 is 14.6 Å². The predicted molar refractivity (Wildman–Crippen MR) is 117 cm³/mol. The van der Waals surface area contributed by atoms with Crippen LogP contribution in [0.3, 0.4) is 0 Å². The van der Waals surface area contributed by atoms with E-state index in [0.717, 1.165) is 39.4 Å². The molecule has 0 unspecified atom stereocenters. The van der Waals surface area contributed by atoms with Gasteiger partial charge in [0.25, 0.3) is 5.91 Å². The average Bonchev–Trinajstić information content (AvgIpc) is 3.54. The topological polar surface area (TPSA) is 92.8 Å². The van der Waals surface area contributed by atoms with Crippen LogP contribution in [0.15, 0.2) is 55.2 Å². The first-order valence-corrected chi connectivity index (χ1v) is 10.4. The number of methoxy groups -OCH3 is 1. The van der Waals surface area contributed by atoms with Gasteiger partial charge in [-0.3, -0.25) is 4.79 Å². The first-order valence-electron chi connectivity index (χ1n) is 10.4. The summed E-state index contributed by atoms with van der Waals surface area (Å²) >= 11 is 0. The molecule has 0 saturated heterocycles. The Kier molecular flexibility index (Phi) is 4.04. The highest BCUT2D eigenvalue weighted by Crippen LogP contribution is 2.35. The fraction of sp³-hybridized carbons (Fsp3) is 0.217. The van der Waals surface area contributed by atoms with E-state index < -0.39 is 6.04 Å². The third-order valence-electron chi connectivity index (χ3n) is 6.06. The molecule has 1 amide bonds. The number of rotatable bonds is 3. The van der Waals surface area contributed by atoms with Gasteiger partial charge in [-0.2, -0.15) is 10.2 Å². The molecule has 0 saturated carbocycles. The summed E-state index contributed by atoms with van der Waals surface area (Å²) in [6.07, 6.45) is 7.81. The van der Waals surface area contributed by atoms with E-state index in [-0.39, 0.29) is 5.91 Å². The van der Waals surface area contributed by atoms with E-state index in [0.29, 0.717) is 18.5 Å². The Morgan fingerprint density at radius 3 is 3.00 bits per heavy atom. The number of aromatic nitrogens is 6. The Balaban J connectivity index is 1.49. The number of fused-ring (bicyclic) bond motifs is 3. The lowest BCUT2D eigenvalue weighted by Gasteiger charge is -2.33. The summed E-state index contributed by atoms with van der Waals surface area (Å²) < 4.78 is 9.02. The second-order valence-corrected chi connectivity index (χ2v) is 7.99. The van der Waals surface area contributed by atoms with Crippen molar-refractivity contribution in [1.82, 2.24) is 34.1 Å². The SMILES string of the molecule is COc1cccn2nc([C@H]3c4nc[nH]c4CCN3C(=O)c3cnn4cc(C)ccc34)cc12. The van der Waals surface area contributed by atoms with Crippen molar-refractivity contribution in [1.29, 1.82) is 0 Å². The van der Waals surface area contributed by atoms with Crippen LogP contribution in [0.2, 0.25) is 0 Å². The van der Waals surface area contributed by atoms with Gasteiger partial charge >= 0.3 is 0 Å². The van der Waals surface area contributed by atoms with Crippen LogP contribution in [0.4, 0.5) is 0 Å². The number of aryl methyl sites for hydroxylation is 1. The molecule has 9 heteroatoms. The van der Waals surface area contributed by atoms with Gasteiger partial charge in [0, 0.05) is 31.1 Å². The first-order chi connectivity index (χ1) is 15.6. The zero-order chi connectivity index (χ0) is 21.8. The fourth-order valence-electron chi connectivity index (χ4n) is 4.52. The van der Waals surface area contributed by atoms with E-state index in [9.17, 15) is 4.79 Å². The minimum atomic E-state index is -0.414. The lowest BCUT2D eigenvalue weighted by molar-refractivity contribution is 0.0689. The summed E-state index contributed by atoms with van der Waals surface area (Å²) in [5.74, 6) is 0.631. The number of ether oxygens (including phenoxy) is 1. The molecule has 9 nitrogen and oxygen atoms in total. The Bertz CT molecular complexity index is 1480. The number of nitrogens with zero attached hydrogens (tertiary/aromatic N) is 6. The van der Waals surface area contributed by atoms with E-state index in [1.807, 2.05) is 54.5 Å². The molecule has 0 aromatic carbocycles. The van der Waals surface area contributed by atoms with Crippen LogP contribution >= 0.6 is 0 Å². The van der Waals surface area contributed by atoms with E-state index in [2.05, 4.69) is 15.1 Å². The third kappa shape index (κ3) is 2.71. The summed E-state index contributed by atoms with van der Waals surface area (Å²) in [6.45, 7) is 2.55. The lowest BCUT2D eigenvalue weighted by atomic mass is 9.98. The summed E-state index contributed by atoms with van der Waals surface area (Å²) in [7, 11) is 1.64. The maximum Gasteiger partial charge on any atom is 0.258 e. The highest BCUT2D eigenvalue weighted by Gasteiger charge is 2.37. The van der Waals surface area contributed by atoms with Gasteiger partial charge in [-0.25, -0.2) is 14.0 Å². The zero-order valence-electron chi connectivity index (χ0n) is 17.7. The number of hydrogen-bond acceptors (Lipinski definition) is 5. The fourth-order valence-corrected chi connectivity index (χ4v) is 4.52. The van der Waals surface area contributed by atoms with Crippen LogP contribution in [0.1, 0.15) is 39.0 Å². The molecule has 160 valence electrons. The van der Waals surface area contributed by atoms with Crippen molar-refractivity contribution in [2.45, 2.75) is 19.4 Å². The van der Waals surface area contributed by atoms with Crippen LogP contribution in [0, 0.1) is 6.92 Å². The standard InChI is InChI=1S/C23H21N7O2/c1-14-5-6-18-15(11-26-30(18)12-14)23(31)28-9-7-16-21(25-13-24-16)22(28)17-10-19-20(32-2)4-3-8-29(19)27-17/h3-6,8,10-13,22H,7,9H2,1-2H3,(H,24,25)/t22-/m0/s1. The van der Waals surface area contributed by atoms with Crippen LogP contribution in [-0.2, 0) is 6.42 Å². The number of hydrogen-bond donors (Lipinski definition) is 1. The first kappa shape index (κ1) is 18.6. The molecule has 6 rings (SSSR count). The number of amides is 1. The maximum absolute atomic E-state index is 13.8. The molecule has 5 aromatic rings. The van der Waals surface area contributed by atoms with Crippen molar-refractivity contribution in [2.24, 2.45) is 0 Å². The maximum atomic E-state index is 13.8. The average molecular weight is 427 g/mol. The summed E-state index contributed by atoms with van der Waals surface area (Å²) in [4.78, 5) is 23.4. The highest BCUT2D eigenvalue weighted by atomic mass is 16.5. The number of H-pyrrole nitrogens is 1. The van der Waals surface area contributed by atoms with Crippen LogP contribution in [0.5, 0.6) is 5.75 Å². The van der Waals surface area contributed by atoms with Gasteiger partial charge in [0.05, 0.1) is 42.1 Å². The summed E-state index contributed by atoms with van der Waals surface area (Å²) in [5, 5.41) is 9.18. The molecule has 1 N–H and O–H groups in total. The predicted octanol–water partition coefficient (Wildman–Crippen LogP) is 2.81. The number of nitrogens with one attached hydrogen (secondary N) is 1. The van der Waals surface area contributed by atoms with Crippen molar-refractivity contribution in [3.05, 3.63) is 83.5 Å². The van der Waals surface area contributed by atoms with Crippen molar-refractivity contribution in [2.75, 3.05) is 13.7 Å². The molecule has 1 aliphatic heterocycles. The molecule has 1 atom stereocenters. The minimum Gasteiger partial charge on any atom is -0.494 e. The van der Waals surface area contributed by atoms with Crippen LogP contribution in [0.25, 0.3) is 11.0 Å². The number of pyridine rings is 2. The summed E-state index contributed by atoms with van der Waals surface area (Å²) in [5.41, 5.74) is 5.85. The van der Waals surface area contributed by atoms with E-state index >= 15 is 0 Å². The Hall–Kier alpha value is -4.14. The van der Waals surface area contributed by atoms with E-state index in [1.165, 1.54) is 0 Å². The monoisotopic (exact) mass is 427 g/mol. The molecule has 1 aliphatic rings. The Morgan fingerprint density at radius 1 is 1.22 bits per heavy atom. The van der Waals surface area contributed by atoms with Crippen molar-refractivity contribution in [3.8, 4) is 5.75 Å². The van der Waals surface area contributed by atoms with Gasteiger partial charge in [0.2, 0.25) is 0 Å². The van der Waals surface area contributed by atoms with E-state index in [4.69, 9.17) is 9.84 Å². The van der Waals surface area contributed by atoms with Crippen molar-refractivity contribution in [3.63, 3.8) is 0 Å². The van der Waals surface area contributed by atoms with Crippen LogP contribution in [-0.4, -0.2) is 53.7 Å². The zero-order valence-corrected chi connectivity index (χ0v) is 17.7. The number of carbonyl (C=O) groups is 1. The lowest BCUT2D eigenvalue weighted by Crippen LogP contribution is -2.41. The van der Waals surface area contributed by atoms with Gasteiger partial charge in [0.15, 0.2) is 0 Å². The Morgan fingerprint density at radius 2 is 2.12 bits per heavy atom. The molecule has 0 spiro atoms. The van der Waals surface area contributed by atoms with Gasteiger partial charge in [-0.05, 0) is 36.8 Å². The number of carbonyl (C=O) groups excluding carboxylic acids is 1.